The molecule has 0 spiro atoms. The highest BCUT2D eigenvalue weighted by molar-refractivity contribution is 7.92. The molecule has 4 aromatic carbocycles. The molecule has 0 aliphatic carbocycles. The molecule has 0 radical (unpaired) electrons. The van der Waals surface area contributed by atoms with Crippen molar-refractivity contribution in [3.8, 4) is 0 Å². The standard InChI is InChI=1S/C33H33Cl2N3O4S/c1-3-36-33(40)31(20-25-12-6-4-7-13-25)37(22-26-14-10-11-17-29(26)34)32(39)23-38(27-19-18-24(2)30(35)21-27)43(41,42)28-15-8-5-9-16-28/h4-19,21,31H,3,20,22-23H2,1-2H3,(H,36,40)/t31-/m0/s1. The van der Waals surface area contributed by atoms with Crippen LogP contribution in [-0.4, -0.2) is 44.3 Å². The largest absolute Gasteiger partial charge is 0.355 e. The minimum absolute atomic E-state index is 0.0129. The number of carbonyl (C=O) groups is 2. The third kappa shape index (κ3) is 7.96. The number of anilines is 1. The van der Waals surface area contributed by atoms with Gasteiger partial charge in [0.15, 0.2) is 0 Å². The van der Waals surface area contributed by atoms with Crippen molar-refractivity contribution in [2.24, 2.45) is 0 Å². The molecule has 0 fully saturated rings. The second-order valence-corrected chi connectivity index (χ2v) is 12.6. The number of amides is 2. The molecule has 0 saturated carbocycles. The van der Waals surface area contributed by atoms with Crippen molar-refractivity contribution in [2.75, 3.05) is 17.4 Å². The van der Waals surface area contributed by atoms with Crippen LogP contribution in [0, 0.1) is 6.92 Å². The van der Waals surface area contributed by atoms with E-state index in [1.807, 2.05) is 30.3 Å². The topological polar surface area (TPSA) is 86.8 Å². The van der Waals surface area contributed by atoms with Crippen molar-refractivity contribution < 1.29 is 18.0 Å². The zero-order valence-electron chi connectivity index (χ0n) is 23.9. The molecule has 7 nitrogen and oxygen atoms in total. The van der Waals surface area contributed by atoms with Gasteiger partial charge in [-0.25, -0.2) is 8.42 Å². The van der Waals surface area contributed by atoms with E-state index < -0.39 is 28.5 Å². The minimum atomic E-state index is -4.21. The fourth-order valence-corrected chi connectivity index (χ4v) is 6.44. The fourth-order valence-electron chi connectivity index (χ4n) is 4.64. The van der Waals surface area contributed by atoms with Gasteiger partial charge in [-0.15, -0.1) is 0 Å². The van der Waals surface area contributed by atoms with Gasteiger partial charge in [0.05, 0.1) is 10.6 Å². The predicted molar refractivity (Wildman–Crippen MR) is 172 cm³/mol. The average molecular weight is 639 g/mol. The molecule has 224 valence electrons. The molecule has 0 saturated heterocycles. The molecular weight excluding hydrogens is 605 g/mol. The number of nitrogens with zero attached hydrogens (tertiary/aromatic N) is 2. The van der Waals surface area contributed by atoms with Gasteiger partial charge in [-0.2, -0.15) is 0 Å². The molecule has 0 unspecified atom stereocenters. The van der Waals surface area contributed by atoms with Crippen LogP contribution in [0.4, 0.5) is 5.69 Å². The monoisotopic (exact) mass is 637 g/mol. The van der Waals surface area contributed by atoms with Crippen LogP contribution in [0.3, 0.4) is 0 Å². The highest BCUT2D eigenvalue weighted by Gasteiger charge is 2.34. The molecule has 0 heterocycles. The van der Waals surface area contributed by atoms with E-state index in [1.165, 1.54) is 23.1 Å². The van der Waals surface area contributed by atoms with Crippen LogP contribution < -0.4 is 9.62 Å². The summed E-state index contributed by atoms with van der Waals surface area (Å²) >= 11 is 12.9. The van der Waals surface area contributed by atoms with Gasteiger partial charge in [0.25, 0.3) is 10.0 Å². The van der Waals surface area contributed by atoms with Crippen molar-refractivity contribution in [3.63, 3.8) is 0 Å². The predicted octanol–water partition coefficient (Wildman–Crippen LogP) is 6.27. The average Bonchev–Trinajstić information content (AvgIpc) is 3.01. The molecule has 4 aromatic rings. The van der Waals surface area contributed by atoms with Gasteiger partial charge >= 0.3 is 0 Å². The SMILES string of the molecule is CCNC(=O)[C@H](Cc1ccccc1)N(Cc1ccccc1Cl)C(=O)CN(c1ccc(C)c(Cl)c1)S(=O)(=O)c1ccccc1. The van der Waals surface area contributed by atoms with Gasteiger partial charge in [-0.05, 0) is 60.9 Å². The van der Waals surface area contributed by atoms with E-state index in [4.69, 9.17) is 23.2 Å². The molecule has 0 bridgehead atoms. The molecule has 2 amide bonds. The molecule has 4 rings (SSSR count). The number of benzene rings is 4. The summed E-state index contributed by atoms with van der Waals surface area (Å²) in [5.74, 6) is -0.939. The zero-order valence-corrected chi connectivity index (χ0v) is 26.2. The maximum Gasteiger partial charge on any atom is 0.264 e. The van der Waals surface area contributed by atoms with E-state index in [-0.39, 0.29) is 29.5 Å². The molecule has 0 aliphatic rings. The van der Waals surface area contributed by atoms with E-state index >= 15 is 0 Å². The first-order chi connectivity index (χ1) is 20.6. The Labute approximate surface area is 263 Å². The lowest BCUT2D eigenvalue weighted by Gasteiger charge is -2.34. The maximum atomic E-state index is 14.4. The van der Waals surface area contributed by atoms with Gasteiger partial charge in [-0.1, -0.05) is 96.0 Å². The lowest BCUT2D eigenvalue weighted by molar-refractivity contribution is -0.140. The molecule has 0 aliphatic heterocycles. The number of aryl methyl sites for hydroxylation is 1. The van der Waals surface area contributed by atoms with Crippen molar-refractivity contribution in [2.45, 2.75) is 37.8 Å². The first-order valence-corrected chi connectivity index (χ1v) is 16.0. The summed E-state index contributed by atoms with van der Waals surface area (Å²) in [6.07, 6.45) is 0.213. The highest BCUT2D eigenvalue weighted by atomic mass is 35.5. The molecule has 1 atom stereocenters. The number of rotatable bonds is 12. The Morgan fingerprint density at radius 3 is 2.09 bits per heavy atom. The summed E-state index contributed by atoms with van der Waals surface area (Å²) < 4.78 is 29.1. The number of hydrogen-bond donors (Lipinski definition) is 1. The smallest absolute Gasteiger partial charge is 0.264 e. The summed E-state index contributed by atoms with van der Waals surface area (Å²) in [4.78, 5) is 29.3. The van der Waals surface area contributed by atoms with Crippen LogP contribution in [0.1, 0.15) is 23.6 Å². The lowest BCUT2D eigenvalue weighted by atomic mass is 10.0. The number of sulfonamides is 1. The lowest BCUT2D eigenvalue weighted by Crippen LogP contribution is -2.53. The Balaban J connectivity index is 1.81. The Morgan fingerprint density at radius 2 is 1.47 bits per heavy atom. The summed E-state index contributed by atoms with van der Waals surface area (Å²) in [6, 6.07) is 28.2. The van der Waals surface area contributed by atoms with Crippen molar-refractivity contribution in [3.05, 3.63) is 130 Å². The Kier molecular flexibility index (Phi) is 10.9. The van der Waals surface area contributed by atoms with Crippen molar-refractivity contribution in [1.29, 1.82) is 0 Å². The Hall–Kier alpha value is -3.85. The first-order valence-electron chi connectivity index (χ1n) is 13.8. The second-order valence-electron chi connectivity index (χ2n) is 9.97. The molecule has 10 heteroatoms. The normalized spacial score (nSPS) is 11.9. The quantitative estimate of drug-likeness (QED) is 0.198. The number of halogens is 2. The molecule has 0 aromatic heterocycles. The fraction of sp³-hybridized carbons (Fsp3) is 0.212. The van der Waals surface area contributed by atoms with Gasteiger partial charge in [0.1, 0.15) is 12.6 Å². The van der Waals surface area contributed by atoms with Gasteiger partial charge in [-0.3, -0.25) is 13.9 Å². The van der Waals surface area contributed by atoms with Crippen LogP contribution in [0.15, 0.2) is 108 Å². The van der Waals surface area contributed by atoms with Gasteiger partial charge in [0.2, 0.25) is 11.8 Å². The minimum Gasteiger partial charge on any atom is -0.355 e. The Morgan fingerprint density at radius 1 is 0.837 bits per heavy atom. The van der Waals surface area contributed by atoms with Crippen LogP contribution in [0.5, 0.6) is 0 Å². The summed E-state index contributed by atoms with van der Waals surface area (Å²) in [5, 5.41) is 3.62. The molecule has 43 heavy (non-hydrogen) atoms. The first kappa shape index (κ1) is 32.1. The van der Waals surface area contributed by atoms with Crippen LogP contribution in [-0.2, 0) is 32.6 Å². The van der Waals surface area contributed by atoms with Crippen molar-refractivity contribution in [1.82, 2.24) is 10.2 Å². The zero-order chi connectivity index (χ0) is 31.0. The van der Waals surface area contributed by atoms with E-state index in [2.05, 4.69) is 5.32 Å². The Bertz CT molecular complexity index is 1670. The van der Waals surface area contributed by atoms with Crippen LogP contribution >= 0.6 is 23.2 Å². The number of carbonyl (C=O) groups excluding carboxylic acids is 2. The maximum absolute atomic E-state index is 14.4. The highest BCUT2D eigenvalue weighted by Crippen LogP contribution is 2.29. The summed E-state index contributed by atoms with van der Waals surface area (Å²) in [6.45, 7) is 3.37. The molecular formula is C33H33Cl2N3O4S. The van der Waals surface area contributed by atoms with Crippen LogP contribution in [0.2, 0.25) is 10.0 Å². The van der Waals surface area contributed by atoms with Gasteiger partial charge in [0, 0.05) is 29.6 Å². The van der Waals surface area contributed by atoms with E-state index in [0.717, 1.165) is 15.4 Å². The van der Waals surface area contributed by atoms with Gasteiger partial charge < -0.3 is 10.2 Å². The van der Waals surface area contributed by atoms with Crippen molar-refractivity contribution >= 4 is 50.7 Å². The summed E-state index contributed by atoms with van der Waals surface area (Å²) in [5.41, 5.74) is 2.45. The third-order valence-corrected chi connectivity index (χ3v) is 9.54. The summed E-state index contributed by atoms with van der Waals surface area (Å²) in [7, 11) is -4.21. The molecule has 1 N–H and O–H groups in total. The second kappa shape index (κ2) is 14.6. The van der Waals surface area contributed by atoms with E-state index in [1.54, 1.807) is 68.4 Å². The van der Waals surface area contributed by atoms with E-state index in [0.29, 0.717) is 22.2 Å². The number of hydrogen-bond acceptors (Lipinski definition) is 4. The number of nitrogens with one attached hydrogen (secondary N) is 1. The third-order valence-electron chi connectivity index (χ3n) is 6.97. The number of likely N-dealkylation sites (N-methyl/N-ethyl adjacent to an activating group) is 1. The van der Waals surface area contributed by atoms with Crippen LogP contribution in [0.25, 0.3) is 0 Å². The van der Waals surface area contributed by atoms with E-state index in [9.17, 15) is 18.0 Å².